The molecule has 1 aliphatic carbocycles. The third-order valence-electron chi connectivity index (χ3n) is 4.06. The zero-order valence-electron chi connectivity index (χ0n) is 9.78. The van der Waals surface area contributed by atoms with Crippen molar-refractivity contribution in [1.29, 1.82) is 0 Å². The first-order chi connectivity index (χ1) is 7.93. The van der Waals surface area contributed by atoms with Gasteiger partial charge < -0.3 is 5.32 Å². The molecule has 1 heterocycles. The van der Waals surface area contributed by atoms with E-state index >= 15 is 0 Å². The quantitative estimate of drug-likeness (QED) is 0.830. The van der Waals surface area contributed by atoms with E-state index in [0.717, 1.165) is 32.4 Å². The van der Waals surface area contributed by atoms with Crippen molar-refractivity contribution < 1.29 is 18.0 Å². The Kier molecular flexibility index (Phi) is 3.48. The Morgan fingerprint density at radius 1 is 1.29 bits per heavy atom. The predicted octanol–water partition coefficient (Wildman–Crippen LogP) is 2.68. The summed E-state index contributed by atoms with van der Waals surface area (Å²) in [6, 6.07) is 0. The zero-order valence-corrected chi connectivity index (χ0v) is 9.78. The average molecular weight is 249 g/mol. The molecule has 98 valence electrons. The minimum atomic E-state index is -4.13. The molecule has 2 aliphatic rings. The lowest BCUT2D eigenvalue weighted by atomic mass is 9.90. The van der Waals surface area contributed by atoms with Gasteiger partial charge in [-0.05, 0) is 44.2 Å². The van der Waals surface area contributed by atoms with Crippen LogP contribution in [0.25, 0.3) is 0 Å². The molecule has 1 atom stereocenters. The summed E-state index contributed by atoms with van der Waals surface area (Å²) in [5.74, 6) is 0.106. The van der Waals surface area contributed by atoms with Gasteiger partial charge in [0, 0.05) is 18.8 Å². The fourth-order valence-corrected chi connectivity index (χ4v) is 2.92. The van der Waals surface area contributed by atoms with Crippen LogP contribution in [0.2, 0.25) is 0 Å². The number of Topliss-reactive ketones (excluding diaryl/α,β-unsaturated/α-hetero) is 1. The summed E-state index contributed by atoms with van der Waals surface area (Å²) in [4.78, 5) is 11.8. The Bertz CT molecular complexity index is 295. The molecule has 2 nitrogen and oxygen atoms in total. The standard InChI is InChI=1S/C12H18F3NO/c13-12(14,15)3-1-2-10(17)9-8-11(9)4-6-16-7-5-11/h9,16H,1-8H2. The van der Waals surface area contributed by atoms with E-state index in [9.17, 15) is 18.0 Å². The van der Waals surface area contributed by atoms with Crippen LogP contribution < -0.4 is 5.32 Å². The third-order valence-corrected chi connectivity index (χ3v) is 4.06. The summed E-state index contributed by atoms with van der Waals surface area (Å²) in [5, 5.41) is 3.24. The first-order valence-electron chi connectivity index (χ1n) is 6.23. The highest BCUT2D eigenvalue weighted by Crippen LogP contribution is 2.59. The lowest BCUT2D eigenvalue weighted by molar-refractivity contribution is -0.137. The average Bonchev–Trinajstić information content (AvgIpc) is 2.91. The molecule has 2 rings (SSSR count). The molecular formula is C12H18F3NO. The maximum atomic E-state index is 12.0. The van der Waals surface area contributed by atoms with E-state index < -0.39 is 12.6 Å². The van der Waals surface area contributed by atoms with Crippen LogP contribution in [0.3, 0.4) is 0 Å². The van der Waals surface area contributed by atoms with Crippen molar-refractivity contribution in [1.82, 2.24) is 5.32 Å². The second-order valence-corrected chi connectivity index (χ2v) is 5.30. The number of ketones is 1. The summed E-state index contributed by atoms with van der Waals surface area (Å²) in [6.45, 7) is 1.87. The Morgan fingerprint density at radius 3 is 2.53 bits per heavy atom. The lowest BCUT2D eigenvalue weighted by Gasteiger charge is -2.23. The monoisotopic (exact) mass is 249 g/mol. The van der Waals surface area contributed by atoms with Crippen molar-refractivity contribution in [2.24, 2.45) is 11.3 Å². The molecule has 17 heavy (non-hydrogen) atoms. The van der Waals surface area contributed by atoms with Crippen LogP contribution in [0.5, 0.6) is 0 Å². The van der Waals surface area contributed by atoms with Gasteiger partial charge in [0.05, 0.1) is 0 Å². The van der Waals surface area contributed by atoms with Crippen LogP contribution in [0, 0.1) is 11.3 Å². The number of nitrogens with one attached hydrogen (secondary N) is 1. The Balaban J connectivity index is 1.71. The van der Waals surface area contributed by atoms with Gasteiger partial charge in [-0.15, -0.1) is 0 Å². The van der Waals surface area contributed by atoms with Crippen molar-refractivity contribution in [2.45, 2.75) is 44.7 Å². The van der Waals surface area contributed by atoms with Gasteiger partial charge in [0.25, 0.3) is 0 Å². The van der Waals surface area contributed by atoms with Crippen molar-refractivity contribution in [2.75, 3.05) is 13.1 Å². The number of carbonyl (C=O) groups excluding carboxylic acids is 1. The number of hydrogen-bond acceptors (Lipinski definition) is 2. The van der Waals surface area contributed by atoms with Gasteiger partial charge in [-0.3, -0.25) is 4.79 Å². The maximum Gasteiger partial charge on any atom is 0.389 e. The maximum absolute atomic E-state index is 12.0. The van der Waals surface area contributed by atoms with Crippen molar-refractivity contribution in [3.8, 4) is 0 Å². The minimum absolute atomic E-state index is 0.0484. The number of piperidine rings is 1. The van der Waals surface area contributed by atoms with Crippen LogP contribution in [-0.4, -0.2) is 25.0 Å². The van der Waals surface area contributed by atoms with Gasteiger partial charge in [0.15, 0.2) is 0 Å². The highest BCUT2D eigenvalue weighted by molar-refractivity contribution is 5.84. The van der Waals surface area contributed by atoms with Crippen LogP contribution in [-0.2, 0) is 4.79 Å². The van der Waals surface area contributed by atoms with Crippen molar-refractivity contribution in [3.63, 3.8) is 0 Å². The SMILES string of the molecule is O=C(CCCC(F)(F)F)C1CC12CCNCC2. The summed E-state index contributed by atoms with van der Waals surface area (Å²) in [5.41, 5.74) is 0.153. The molecular weight excluding hydrogens is 231 g/mol. The van der Waals surface area contributed by atoms with Gasteiger partial charge in [-0.1, -0.05) is 0 Å². The van der Waals surface area contributed by atoms with Gasteiger partial charge in [0.2, 0.25) is 0 Å². The molecule has 1 saturated heterocycles. The summed E-state index contributed by atoms with van der Waals surface area (Å²) in [6.07, 6.45) is -2.01. The molecule has 0 amide bonds. The van der Waals surface area contributed by atoms with E-state index in [2.05, 4.69) is 5.32 Å². The van der Waals surface area contributed by atoms with E-state index in [1.54, 1.807) is 0 Å². The molecule has 1 N–H and O–H groups in total. The van der Waals surface area contributed by atoms with Crippen LogP contribution >= 0.6 is 0 Å². The smallest absolute Gasteiger partial charge is 0.317 e. The number of hydrogen-bond donors (Lipinski definition) is 1. The molecule has 0 aromatic carbocycles. The molecule has 1 saturated carbocycles. The Morgan fingerprint density at radius 2 is 1.94 bits per heavy atom. The molecule has 5 heteroatoms. The Hall–Kier alpha value is -0.580. The van der Waals surface area contributed by atoms with E-state index in [4.69, 9.17) is 0 Å². The highest BCUT2D eigenvalue weighted by Gasteiger charge is 2.56. The molecule has 1 aliphatic heterocycles. The van der Waals surface area contributed by atoms with E-state index in [0.29, 0.717) is 0 Å². The Labute approximate surface area is 98.9 Å². The molecule has 1 unspecified atom stereocenters. The molecule has 0 bridgehead atoms. The number of carbonyl (C=O) groups is 1. The first kappa shape index (κ1) is 12.9. The molecule has 1 spiro atoms. The first-order valence-corrected chi connectivity index (χ1v) is 6.23. The molecule has 0 aromatic rings. The fraction of sp³-hybridized carbons (Fsp3) is 0.917. The van der Waals surface area contributed by atoms with Gasteiger partial charge in [0.1, 0.15) is 5.78 Å². The number of halogens is 3. The second kappa shape index (κ2) is 4.59. The fourth-order valence-electron chi connectivity index (χ4n) is 2.92. The van der Waals surface area contributed by atoms with Gasteiger partial charge >= 0.3 is 6.18 Å². The van der Waals surface area contributed by atoms with E-state index in [1.165, 1.54) is 0 Å². The minimum Gasteiger partial charge on any atom is -0.317 e. The van der Waals surface area contributed by atoms with Crippen LogP contribution in [0.1, 0.15) is 38.5 Å². The molecule has 0 aromatic heterocycles. The lowest BCUT2D eigenvalue weighted by Crippen LogP contribution is -2.30. The molecule has 0 radical (unpaired) electrons. The van der Waals surface area contributed by atoms with Crippen molar-refractivity contribution >= 4 is 5.78 Å². The second-order valence-electron chi connectivity index (χ2n) is 5.30. The number of alkyl halides is 3. The van der Waals surface area contributed by atoms with Gasteiger partial charge in [-0.25, -0.2) is 0 Å². The largest absolute Gasteiger partial charge is 0.389 e. The third kappa shape index (κ3) is 3.21. The number of rotatable bonds is 4. The summed E-state index contributed by atoms with van der Waals surface area (Å²) in [7, 11) is 0. The topological polar surface area (TPSA) is 29.1 Å². The zero-order chi connectivity index (χ0) is 12.5. The summed E-state index contributed by atoms with van der Waals surface area (Å²) < 4.78 is 35.9. The summed E-state index contributed by atoms with van der Waals surface area (Å²) >= 11 is 0. The normalized spacial score (nSPS) is 27.1. The highest BCUT2D eigenvalue weighted by atomic mass is 19.4. The van der Waals surface area contributed by atoms with Gasteiger partial charge in [-0.2, -0.15) is 13.2 Å². The molecule has 2 fully saturated rings. The van der Waals surface area contributed by atoms with E-state index in [-0.39, 0.29) is 30.0 Å². The van der Waals surface area contributed by atoms with Crippen molar-refractivity contribution in [3.05, 3.63) is 0 Å². The van der Waals surface area contributed by atoms with Crippen LogP contribution in [0.4, 0.5) is 13.2 Å². The van der Waals surface area contributed by atoms with Crippen LogP contribution in [0.15, 0.2) is 0 Å². The predicted molar refractivity (Wildman–Crippen MR) is 57.6 cm³/mol. The van der Waals surface area contributed by atoms with E-state index in [1.807, 2.05) is 0 Å².